The minimum Gasteiger partial charge on any atom is -0.296 e. The maximum Gasteiger partial charge on any atom is 0.176 e. The molecule has 0 spiro atoms. The molecular formula is C15H19Cl2NO. The summed E-state index contributed by atoms with van der Waals surface area (Å²) >= 11 is 11.8. The number of ketones is 1. The molecule has 1 fully saturated rings. The van der Waals surface area contributed by atoms with Gasteiger partial charge >= 0.3 is 0 Å². The molecule has 0 radical (unpaired) electrons. The van der Waals surface area contributed by atoms with Crippen LogP contribution in [0.15, 0.2) is 18.2 Å². The van der Waals surface area contributed by atoms with Crippen molar-refractivity contribution in [3.63, 3.8) is 0 Å². The van der Waals surface area contributed by atoms with Crippen molar-refractivity contribution >= 4 is 29.0 Å². The van der Waals surface area contributed by atoms with Crippen molar-refractivity contribution in [2.24, 2.45) is 5.92 Å². The standard InChI is InChI=1S/C15H19Cl2NO/c1-2-11-4-3-7-18(9-11)10-15(19)12-5-6-13(16)14(17)8-12/h5-6,8,11H,2-4,7,9-10H2,1H3. The van der Waals surface area contributed by atoms with Crippen LogP contribution in [0, 0.1) is 5.92 Å². The predicted octanol–water partition coefficient (Wildman–Crippen LogP) is 4.30. The molecule has 19 heavy (non-hydrogen) atoms. The summed E-state index contributed by atoms with van der Waals surface area (Å²) in [5.74, 6) is 0.852. The minimum atomic E-state index is 0.121. The molecule has 0 N–H and O–H groups in total. The van der Waals surface area contributed by atoms with Gasteiger partial charge in [0.15, 0.2) is 5.78 Å². The highest BCUT2D eigenvalue weighted by Crippen LogP contribution is 2.24. The first-order valence-electron chi connectivity index (χ1n) is 6.80. The highest BCUT2D eigenvalue weighted by atomic mass is 35.5. The van der Waals surface area contributed by atoms with Crippen LogP contribution in [0.25, 0.3) is 0 Å². The number of halogens is 2. The molecule has 1 atom stereocenters. The van der Waals surface area contributed by atoms with E-state index in [1.165, 1.54) is 19.3 Å². The van der Waals surface area contributed by atoms with Crippen LogP contribution in [0.5, 0.6) is 0 Å². The fourth-order valence-corrected chi connectivity index (χ4v) is 2.89. The Morgan fingerprint density at radius 1 is 1.37 bits per heavy atom. The lowest BCUT2D eigenvalue weighted by molar-refractivity contribution is 0.0884. The van der Waals surface area contributed by atoms with Crippen LogP contribution >= 0.6 is 23.2 Å². The van der Waals surface area contributed by atoms with E-state index in [2.05, 4.69) is 11.8 Å². The second-order valence-corrected chi connectivity index (χ2v) is 6.02. The van der Waals surface area contributed by atoms with Crippen LogP contribution in [0.4, 0.5) is 0 Å². The number of benzene rings is 1. The summed E-state index contributed by atoms with van der Waals surface area (Å²) in [6.07, 6.45) is 3.67. The van der Waals surface area contributed by atoms with Crippen molar-refractivity contribution in [2.75, 3.05) is 19.6 Å². The molecule has 0 amide bonds. The summed E-state index contributed by atoms with van der Waals surface area (Å²) in [5.41, 5.74) is 0.646. The predicted molar refractivity (Wildman–Crippen MR) is 80.2 cm³/mol. The van der Waals surface area contributed by atoms with Gasteiger partial charge in [0.1, 0.15) is 0 Å². The summed E-state index contributed by atoms with van der Waals surface area (Å²) in [6, 6.07) is 5.09. The zero-order valence-electron chi connectivity index (χ0n) is 11.2. The van der Waals surface area contributed by atoms with Crippen molar-refractivity contribution in [2.45, 2.75) is 26.2 Å². The van der Waals surface area contributed by atoms with Gasteiger partial charge in [-0.1, -0.05) is 36.5 Å². The second-order valence-electron chi connectivity index (χ2n) is 5.20. The quantitative estimate of drug-likeness (QED) is 0.773. The number of rotatable bonds is 4. The van der Waals surface area contributed by atoms with Gasteiger partial charge in [0.25, 0.3) is 0 Å². The van der Waals surface area contributed by atoms with Crippen molar-refractivity contribution < 1.29 is 4.79 Å². The van der Waals surface area contributed by atoms with Crippen LogP contribution in [0.2, 0.25) is 10.0 Å². The molecule has 1 saturated heterocycles. The Bertz CT molecular complexity index is 461. The summed E-state index contributed by atoms with van der Waals surface area (Å²) in [6.45, 7) is 4.75. The van der Waals surface area contributed by atoms with Gasteiger partial charge in [-0.3, -0.25) is 9.69 Å². The van der Waals surface area contributed by atoms with Gasteiger partial charge in [-0.15, -0.1) is 0 Å². The third-order valence-corrected chi connectivity index (χ3v) is 4.53. The van der Waals surface area contributed by atoms with E-state index in [9.17, 15) is 4.79 Å². The van der Waals surface area contributed by atoms with Gasteiger partial charge in [0, 0.05) is 12.1 Å². The number of hydrogen-bond acceptors (Lipinski definition) is 2. The fraction of sp³-hybridized carbons (Fsp3) is 0.533. The Labute approximate surface area is 124 Å². The molecule has 0 bridgehead atoms. The summed E-state index contributed by atoms with van der Waals surface area (Å²) in [5, 5.41) is 0.930. The lowest BCUT2D eigenvalue weighted by Gasteiger charge is -2.31. The third-order valence-electron chi connectivity index (χ3n) is 3.79. The lowest BCUT2D eigenvalue weighted by atomic mass is 9.95. The molecule has 2 nitrogen and oxygen atoms in total. The zero-order valence-corrected chi connectivity index (χ0v) is 12.7. The van der Waals surface area contributed by atoms with E-state index >= 15 is 0 Å². The van der Waals surface area contributed by atoms with Crippen LogP contribution in [-0.4, -0.2) is 30.3 Å². The van der Waals surface area contributed by atoms with Gasteiger partial charge < -0.3 is 0 Å². The summed E-state index contributed by atoms with van der Waals surface area (Å²) in [4.78, 5) is 14.5. The molecule has 1 aliphatic heterocycles. The van der Waals surface area contributed by atoms with E-state index in [4.69, 9.17) is 23.2 Å². The van der Waals surface area contributed by atoms with Crippen molar-refractivity contribution in [1.82, 2.24) is 4.90 Å². The number of hydrogen-bond donors (Lipinski definition) is 0. The molecule has 0 saturated carbocycles. The van der Waals surface area contributed by atoms with Crippen LogP contribution in [-0.2, 0) is 0 Å². The molecule has 1 unspecified atom stereocenters. The van der Waals surface area contributed by atoms with Crippen LogP contribution in [0.3, 0.4) is 0 Å². The highest BCUT2D eigenvalue weighted by Gasteiger charge is 2.21. The van der Waals surface area contributed by atoms with Crippen molar-refractivity contribution in [3.8, 4) is 0 Å². The van der Waals surface area contributed by atoms with Gasteiger partial charge in [-0.25, -0.2) is 0 Å². The largest absolute Gasteiger partial charge is 0.296 e. The lowest BCUT2D eigenvalue weighted by Crippen LogP contribution is -2.38. The molecule has 1 heterocycles. The Hall–Kier alpha value is -0.570. The Morgan fingerprint density at radius 2 is 2.16 bits per heavy atom. The molecular weight excluding hydrogens is 281 g/mol. The molecule has 1 aromatic carbocycles. The molecule has 104 valence electrons. The summed E-state index contributed by atoms with van der Waals surface area (Å²) < 4.78 is 0. The van der Waals surface area contributed by atoms with Gasteiger partial charge in [0.2, 0.25) is 0 Å². The van der Waals surface area contributed by atoms with E-state index in [0.717, 1.165) is 19.0 Å². The maximum absolute atomic E-state index is 12.2. The average molecular weight is 300 g/mol. The van der Waals surface area contributed by atoms with E-state index in [-0.39, 0.29) is 5.78 Å². The van der Waals surface area contributed by atoms with E-state index in [0.29, 0.717) is 22.2 Å². The number of carbonyl (C=O) groups excluding carboxylic acids is 1. The number of nitrogens with zero attached hydrogens (tertiary/aromatic N) is 1. The summed E-state index contributed by atoms with van der Waals surface area (Å²) in [7, 11) is 0. The average Bonchev–Trinajstić information content (AvgIpc) is 2.42. The fourth-order valence-electron chi connectivity index (χ4n) is 2.59. The number of Topliss-reactive ketones (excluding diaryl/α,β-unsaturated/α-hetero) is 1. The Balaban J connectivity index is 1.98. The highest BCUT2D eigenvalue weighted by molar-refractivity contribution is 6.42. The minimum absolute atomic E-state index is 0.121. The molecule has 4 heteroatoms. The Kier molecular flexibility index (Phi) is 5.26. The van der Waals surface area contributed by atoms with Crippen LogP contribution in [0.1, 0.15) is 36.5 Å². The SMILES string of the molecule is CCC1CCCN(CC(=O)c2ccc(Cl)c(Cl)c2)C1. The van der Waals surface area contributed by atoms with Gasteiger partial charge in [-0.05, 0) is 43.5 Å². The first-order valence-corrected chi connectivity index (χ1v) is 7.56. The van der Waals surface area contributed by atoms with Crippen molar-refractivity contribution in [1.29, 1.82) is 0 Å². The van der Waals surface area contributed by atoms with Gasteiger partial charge in [-0.2, -0.15) is 0 Å². The van der Waals surface area contributed by atoms with E-state index in [1.807, 2.05) is 0 Å². The van der Waals surface area contributed by atoms with E-state index in [1.54, 1.807) is 18.2 Å². The molecule has 1 aliphatic rings. The van der Waals surface area contributed by atoms with Crippen molar-refractivity contribution in [3.05, 3.63) is 33.8 Å². The van der Waals surface area contributed by atoms with E-state index < -0.39 is 0 Å². The normalized spacial score (nSPS) is 20.5. The molecule has 0 aromatic heterocycles. The zero-order chi connectivity index (χ0) is 13.8. The molecule has 2 rings (SSSR count). The first-order chi connectivity index (χ1) is 9.10. The second kappa shape index (κ2) is 6.74. The third kappa shape index (κ3) is 3.95. The number of piperidine rings is 1. The number of carbonyl (C=O) groups is 1. The molecule has 1 aromatic rings. The van der Waals surface area contributed by atoms with Crippen LogP contribution < -0.4 is 0 Å². The van der Waals surface area contributed by atoms with Gasteiger partial charge in [0.05, 0.1) is 16.6 Å². The molecule has 0 aliphatic carbocycles. The smallest absolute Gasteiger partial charge is 0.176 e. The Morgan fingerprint density at radius 3 is 2.84 bits per heavy atom. The maximum atomic E-state index is 12.2. The monoisotopic (exact) mass is 299 g/mol. The topological polar surface area (TPSA) is 20.3 Å². The number of likely N-dealkylation sites (tertiary alicyclic amines) is 1. The first kappa shape index (κ1) is 14.8.